The van der Waals surface area contributed by atoms with Crippen LogP contribution in [-0.2, 0) is 0 Å². The van der Waals surface area contributed by atoms with Crippen molar-refractivity contribution in [3.8, 4) is 11.1 Å². The Kier molecular flexibility index (Phi) is 6.67. The molecule has 10 heteroatoms. The molecule has 10 nitrogen and oxygen atoms in total. The fraction of sp³-hybridized carbons (Fsp3) is 0.222. The minimum atomic E-state index is -1.23. The topological polar surface area (TPSA) is 163 Å². The number of hydrogen-bond donors (Lipinski definition) is 5. The number of nitrogen functional groups attached to an aromatic ring is 1. The summed E-state index contributed by atoms with van der Waals surface area (Å²) in [6, 6.07) is 12.8. The van der Waals surface area contributed by atoms with E-state index in [4.69, 9.17) is 5.73 Å². The van der Waals surface area contributed by atoms with Gasteiger partial charge in [-0.2, -0.15) is 0 Å². The highest BCUT2D eigenvalue weighted by atomic mass is 16.4. The maximum atomic E-state index is 13.3. The number of fused-ring (bicyclic) bond motifs is 1. The highest BCUT2D eigenvalue weighted by Crippen LogP contribution is 2.29. The van der Waals surface area contributed by atoms with Crippen molar-refractivity contribution < 1.29 is 19.5 Å². The number of H-pyrrole nitrogens is 1. The molecule has 6 N–H and O–H groups in total. The number of anilines is 2. The van der Waals surface area contributed by atoms with Crippen molar-refractivity contribution in [1.29, 1.82) is 0 Å². The maximum absolute atomic E-state index is 13.3. The van der Waals surface area contributed by atoms with Crippen molar-refractivity contribution >= 4 is 40.5 Å². The number of hydrogen-bond acceptors (Lipinski definition) is 6. The summed E-state index contributed by atoms with van der Waals surface area (Å²) in [5.41, 5.74) is 8.70. The predicted octanol–water partition coefficient (Wildman–Crippen LogP) is 4.24. The third-order valence-corrected chi connectivity index (χ3v) is 5.59. The Bertz CT molecular complexity index is 1530. The molecule has 37 heavy (non-hydrogen) atoms. The first-order valence-electron chi connectivity index (χ1n) is 11.6. The Balaban J connectivity index is 1.69. The number of aromatic nitrogens is 3. The molecule has 0 spiro atoms. The van der Waals surface area contributed by atoms with Gasteiger partial charge in [-0.15, -0.1) is 0 Å². The first-order valence-corrected chi connectivity index (χ1v) is 11.6. The van der Waals surface area contributed by atoms with Gasteiger partial charge in [-0.25, -0.2) is 14.8 Å². The Morgan fingerprint density at radius 2 is 1.70 bits per heavy atom. The summed E-state index contributed by atoms with van der Waals surface area (Å²) in [6.45, 7) is 8.12. The van der Waals surface area contributed by atoms with Gasteiger partial charge < -0.3 is 26.5 Å². The maximum Gasteiger partial charge on any atom is 0.336 e. The lowest BCUT2D eigenvalue weighted by molar-refractivity contribution is 0.0697. The number of benzene rings is 2. The number of aryl methyl sites for hydroxylation is 1. The fourth-order valence-corrected chi connectivity index (χ4v) is 3.79. The molecule has 4 rings (SSSR count). The van der Waals surface area contributed by atoms with E-state index in [-0.39, 0.29) is 39.7 Å². The molecule has 190 valence electrons. The van der Waals surface area contributed by atoms with Crippen LogP contribution in [0.25, 0.3) is 22.2 Å². The van der Waals surface area contributed by atoms with Crippen LogP contribution in [-0.4, -0.2) is 44.4 Å². The number of carboxylic acid groups (broad SMARTS) is 1. The van der Waals surface area contributed by atoms with E-state index >= 15 is 0 Å². The standard InChI is InChI=1S/C27H28N6O4/c1-14-5-8-18(17-9-6-15(11-19(17)25(36)37)23(34)29-13-27(2,3)4)22(30-14)24(35)31-16-7-10-20-21(12-16)33-26(28)32-20/h5-12H,13H2,1-4H3,(H,29,34)(H,31,35)(H,36,37)(H3,28,32,33). The minimum Gasteiger partial charge on any atom is -0.478 e. The highest BCUT2D eigenvalue weighted by molar-refractivity contribution is 6.10. The van der Waals surface area contributed by atoms with Crippen LogP contribution in [0, 0.1) is 12.3 Å². The molecule has 2 amide bonds. The van der Waals surface area contributed by atoms with Gasteiger partial charge in [0.25, 0.3) is 11.8 Å². The molecule has 0 aliphatic heterocycles. The third-order valence-electron chi connectivity index (χ3n) is 5.59. The number of carbonyl (C=O) groups is 3. The molecular formula is C27H28N6O4. The summed E-state index contributed by atoms with van der Waals surface area (Å²) in [7, 11) is 0. The van der Waals surface area contributed by atoms with E-state index in [2.05, 4.69) is 25.6 Å². The molecule has 0 bridgehead atoms. The van der Waals surface area contributed by atoms with E-state index in [1.807, 2.05) is 20.8 Å². The van der Waals surface area contributed by atoms with Crippen molar-refractivity contribution in [2.75, 3.05) is 17.6 Å². The molecular weight excluding hydrogens is 472 g/mol. The molecule has 0 radical (unpaired) electrons. The van der Waals surface area contributed by atoms with E-state index in [1.54, 1.807) is 37.3 Å². The van der Waals surface area contributed by atoms with E-state index in [0.717, 1.165) is 0 Å². The van der Waals surface area contributed by atoms with Gasteiger partial charge in [0.1, 0.15) is 5.69 Å². The van der Waals surface area contributed by atoms with Gasteiger partial charge in [-0.1, -0.05) is 32.9 Å². The lowest BCUT2D eigenvalue weighted by Crippen LogP contribution is -2.32. The Hall–Kier alpha value is -4.73. The Morgan fingerprint density at radius 3 is 2.41 bits per heavy atom. The molecule has 2 heterocycles. The van der Waals surface area contributed by atoms with Gasteiger partial charge in [0.2, 0.25) is 0 Å². The molecule has 4 aromatic rings. The first-order chi connectivity index (χ1) is 17.4. The number of nitrogens with two attached hydrogens (primary N) is 1. The number of nitrogens with zero attached hydrogens (tertiary/aromatic N) is 2. The quantitative estimate of drug-likeness (QED) is 0.264. The molecule has 0 saturated heterocycles. The van der Waals surface area contributed by atoms with Gasteiger partial charge in [0.15, 0.2) is 5.95 Å². The number of carbonyl (C=O) groups excluding carboxylic acids is 2. The molecule has 0 aliphatic rings. The summed E-state index contributed by atoms with van der Waals surface area (Å²) in [4.78, 5) is 49.6. The zero-order chi connectivity index (χ0) is 26.9. The van der Waals surface area contributed by atoms with Crippen molar-refractivity contribution in [2.24, 2.45) is 5.41 Å². The Morgan fingerprint density at radius 1 is 0.973 bits per heavy atom. The van der Waals surface area contributed by atoms with Gasteiger partial charge >= 0.3 is 5.97 Å². The van der Waals surface area contributed by atoms with Crippen molar-refractivity contribution in [3.63, 3.8) is 0 Å². The number of carboxylic acids is 1. The number of amides is 2. The molecule has 0 aliphatic carbocycles. The number of rotatable bonds is 6. The van der Waals surface area contributed by atoms with Gasteiger partial charge in [0.05, 0.1) is 16.6 Å². The Labute approximate surface area is 213 Å². The van der Waals surface area contributed by atoms with Gasteiger partial charge in [-0.05, 0) is 54.3 Å². The molecule has 0 fully saturated rings. The van der Waals surface area contributed by atoms with Crippen molar-refractivity contribution in [3.05, 3.63) is 71.0 Å². The second kappa shape index (κ2) is 9.73. The van der Waals surface area contributed by atoms with Crippen LogP contribution in [0.4, 0.5) is 11.6 Å². The van der Waals surface area contributed by atoms with Crippen LogP contribution in [0.5, 0.6) is 0 Å². The van der Waals surface area contributed by atoms with Crippen LogP contribution in [0.1, 0.15) is 57.7 Å². The number of imidazole rings is 1. The molecule has 0 atom stereocenters. The van der Waals surface area contributed by atoms with Crippen LogP contribution in [0.15, 0.2) is 48.5 Å². The van der Waals surface area contributed by atoms with Crippen LogP contribution < -0.4 is 16.4 Å². The largest absolute Gasteiger partial charge is 0.478 e. The summed E-state index contributed by atoms with van der Waals surface area (Å²) < 4.78 is 0. The second-order valence-electron chi connectivity index (χ2n) is 9.97. The molecule has 2 aromatic heterocycles. The molecule has 0 saturated carbocycles. The molecule has 0 unspecified atom stereocenters. The van der Waals surface area contributed by atoms with E-state index in [0.29, 0.717) is 34.5 Å². The smallest absolute Gasteiger partial charge is 0.336 e. The summed E-state index contributed by atoms with van der Waals surface area (Å²) in [5, 5.41) is 15.6. The third kappa shape index (κ3) is 5.75. The number of nitrogens with one attached hydrogen (secondary N) is 3. The zero-order valence-corrected chi connectivity index (χ0v) is 21.0. The fourth-order valence-electron chi connectivity index (χ4n) is 3.79. The van der Waals surface area contributed by atoms with Gasteiger partial charge in [-0.3, -0.25) is 9.59 Å². The normalized spacial score (nSPS) is 11.4. The second-order valence-corrected chi connectivity index (χ2v) is 9.97. The van der Waals surface area contributed by atoms with Crippen LogP contribution >= 0.6 is 0 Å². The van der Waals surface area contributed by atoms with E-state index in [9.17, 15) is 19.5 Å². The van der Waals surface area contributed by atoms with Crippen LogP contribution in [0.2, 0.25) is 0 Å². The lowest BCUT2D eigenvalue weighted by Gasteiger charge is -2.19. The van der Waals surface area contributed by atoms with Crippen molar-refractivity contribution in [2.45, 2.75) is 27.7 Å². The molecule has 2 aromatic carbocycles. The monoisotopic (exact) mass is 500 g/mol. The van der Waals surface area contributed by atoms with Gasteiger partial charge in [0, 0.05) is 29.1 Å². The highest BCUT2D eigenvalue weighted by Gasteiger charge is 2.22. The lowest BCUT2D eigenvalue weighted by atomic mass is 9.94. The minimum absolute atomic E-state index is 0.0525. The van der Waals surface area contributed by atoms with E-state index < -0.39 is 11.9 Å². The number of aromatic amines is 1. The number of pyridine rings is 1. The van der Waals surface area contributed by atoms with Crippen molar-refractivity contribution in [1.82, 2.24) is 20.3 Å². The summed E-state index contributed by atoms with van der Waals surface area (Å²) in [5.74, 6) is -1.86. The summed E-state index contributed by atoms with van der Waals surface area (Å²) >= 11 is 0. The first kappa shape index (κ1) is 25.4. The predicted molar refractivity (Wildman–Crippen MR) is 142 cm³/mol. The summed E-state index contributed by atoms with van der Waals surface area (Å²) in [6.07, 6.45) is 0. The van der Waals surface area contributed by atoms with E-state index in [1.165, 1.54) is 18.2 Å². The SMILES string of the molecule is Cc1ccc(-c2ccc(C(=O)NCC(C)(C)C)cc2C(=O)O)c(C(=O)Nc2ccc3nc(N)[nH]c3c2)n1. The number of aromatic carboxylic acids is 1. The van der Waals surface area contributed by atoms with Crippen LogP contribution in [0.3, 0.4) is 0 Å². The average Bonchev–Trinajstić information content (AvgIpc) is 3.21. The zero-order valence-electron chi connectivity index (χ0n) is 21.0. The average molecular weight is 501 g/mol.